The van der Waals surface area contributed by atoms with E-state index < -0.39 is 6.29 Å². The number of carbonyl (C=O) groups is 2. The number of Topliss-reactive ketones (excluding diaryl/α,β-unsaturated/α-hetero) is 2. The molecular weight excluding hydrogens is 332 g/mol. The molecule has 0 N–H and O–H groups in total. The first-order valence-corrected chi connectivity index (χ1v) is 7.91. The second kappa shape index (κ2) is 5.69. The highest BCUT2D eigenvalue weighted by Gasteiger charge is 2.45. The van der Waals surface area contributed by atoms with E-state index in [1.54, 1.807) is 24.3 Å². The molecule has 1 aromatic carbocycles. The fraction of sp³-hybridized carbons (Fsp3) is 0.400. The number of aromatic nitrogens is 4. The predicted molar refractivity (Wildman–Crippen MR) is 83.5 cm³/mol. The van der Waals surface area contributed by atoms with E-state index in [4.69, 9.17) is 21.7 Å². The van der Waals surface area contributed by atoms with Crippen molar-refractivity contribution >= 4 is 23.8 Å². The molecule has 2 saturated heterocycles. The maximum absolute atomic E-state index is 12.0. The summed E-state index contributed by atoms with van der Waals surface area (Å²) in [5, 5.41) is 8.17. The third kappa shape index (κ3) is 2.41. The molecule has 2 aromatic rings. The maximum Gasteiger partial charge on any atom is 0.221 e. The minimum absolute atomic E-state index is 0.0452. The van der Waals surface area contributed by atoms with Gasteiger partial charge in [0.1, 0.15) is 6.10 Å². The highest BCUT2D eigenvalue weighted by atomic mass is 32.1. The standard InChI is InChI=1S/C15H14N4O4S/c1-8(20)9-3-2-4-10(5-9)18-15(24)19(17-16-18)11-6-12(21)14-22-7-13(11)23-14/h2-5,11,13-14H,6-7H2,1H3/t11-,13+,14+/m1/s1. The Kier molecular flexibility index (Phi) is 3.63. The van der Waals surface area contributed by atoms with Crippen LogP contribution in [0.15, 0.2) is 24.3 Å². The highest BCUT2D eigenvalue weighted by Crippen LogP contribution is 2.32. The number of ether oxygens (including phenoxy) is 2. The molecule has 2 aliphatic rings. The molecule has 0 radical (unpaired) electrons. The van der Waals surface area contributed by atoms with Gasteiger partial charge in [-0.25, -0.2) is 4.68 Å². The van der Waals surface area contributed by atoms with Gasteiger partial charge in [-0.3, -0.25) is 9.59 Å². The summed E-state index contributed by atoms with van der Waals surface area (Å²) < 4.78 is 14.2. The Balaban J connectivity index is 1.71. The number of carbonyl (C=O) groups excluding carboxylic acids is 2. The topological polar surface area (TPSA) is 88.2 Å². The van der Waals surface area contributed by atoms with Crippen molar-refractivity contribution in [1.29, 1.82) is 0 Å². The average molecular weight is 346 g/mol. The first kappa shape index (κ1) is 15.3. The minimum atomic E-state index is -0.761. The van der Waals surface area contributed by atoms with Gasteiger partial charge < -0.3 is 9.47 Å². The minimum Gasteiger partial charge on any atom is -0.343 e. The van der Waals surface area contributed by atoms with Crippen LogP contribution < -0.4 is 0 Å². The lowest BCUT2D eigenvalue weighted by Crippen LogP contribution is -2.37. The van der Waals surface area contributed by atoms with Crippen LogP contribution in [-0.4, -0.2) is 50.4 Å². The molecule has 0 amide bonds. The van der Waals surface area contributed by atoms with Crippen molar-refractivity contribution in [3.63, 3.8) is 0 Å². The average Bonchev–Trinajstić information content (AvgIpc) is 3.17. The lowest BCUT2D eigenvalue weighted by molar-refractivity contribution is -0.156. The van der Waals surface area contributed by atoms with Gasteiger partial charge in [0.05, 0.1) is 18.3 Å². The van der Waals surface area contributed by atoms with Gasteiger partial charge in [-0.1, -0.05) is 12.1 Å². The van der Waals surface area contributed by atoms with Gasteiger partial charge in [0.15, 0.2) is 11.6 Å². The summed E-state index contributed by atoms with van der Waals surface area (Å²) in [4.78, 5) is 23.5. The third-order valence-corrected chi connectivity index (χ3v) is 4.59. The molecule has 0 spiro atoms. The number of fused-ring (bicyclic) bond motifs is 2. The molecule has 24 heavy (non-hydrogen) atoms. The van der Waals surface area contributed by atoms with Crippen LogP contribution in [0.2, 0.25) is 0 Å². The van der Waals surface area contributed by atoms with Crippen molar-refractivity contribution in [2.75, 3.05) is 6.61 Å². The summed E-state index contributed by atoms with van der Waals surface area (Å²) >= 11 is 5.46. The van der Waals surface area contributed by atoms with Crippen LogP contribution in [0.5, 0.6) is 0 Å². The van der Waals surface area contributed by atoms with E-state index in [-0.39, 0.29) is 30.1 Å². The van der Waals surface area contributed by atoms with Crippen molar-refractivity contribution in [3.05, 3.63) is 34.6 Å². The predicted octanol–water partition coefficient (Wildman–Crippen LogP) is 1.26. The van der Waals surface area contributed by atoms with E-state index in [0.29, 0.717) is 22.6 Å². The van der Waals surface area contributed by atoms with Gasteiger partial charge in [-0.05, 0) is 41.7 Å². The zero-order valence-corrected chi connectivity index (χ0v) is 13.6. The Morgan fingerprint density at radius 3 is 3.00 bits per heavy atom. The maximum atomic E-state index is 12.0. The molecule has 2 fully saturated rings. The van der Waals surface area contributed by atoms with E-state index in [0.717, 1.165) is 0 Å². The Morgan fingerprint density at radius 2 is 2.21 bits per heavy atom. The normalized spacial score (nSPS) is 25.9. The van der Waals surface area contributed by atoms with Crippen molar-refractivity contribution in [2.45, 2.75) is 31.8 Å². The van der Waals surface area contributed by atoms with E-state index in [1.807, 2.05) is 0 Å². The molecule has 3 heterocycles. The molecule has 124 valence electrons. The molecule has 9 heteroatoms. The number of hydrogen-bond acceptors (Lipinski definition) is 7. The van der Waals surface area contributed by atoms with Crippen LogP contribution in [0.3, 0.4) is 0 Å². The van der Waals surface area contributed by atoms with Crippen LogP contribution in [-0.2, 0) is 14.3 Å². The smallest absolute Gasteiger partial charge is 0.221 e. The van der Waals surface area contributed by atoms with E-state index in [2.05, 4.69) is 10.4 Å². The number of benzene rings is 1. The first-order chi connectivity index (χ1) is 11.5. The zero-order valence-electron chi connectivity index (χ0n) is 12.8. The number of nitrogens with zero attached hydrogens (tertiary/aromatic N) is 4. The van der Waals surface area contributed by atoms with Crippen molar-refractivity contribution < 1.29 is 19.1 Å². The number of rotatable bonds is 3. The molecule has 8 nitrogen and oxygen atoms in total. The number of tetrazole rings is 1. The fourth-order valence-electron chi connectivity index (χ4n) is 2.95. The van der Waals surface area contributed by atoms with Crippen molar-refractivity contribution in [3.8, 4) is 5.69 Å². The van der Waals surface area contributed by atoms with Gasteiger partial charge in [-0.2, -0.15) is 4.68 Å². The van der Waals surface area contributed by atoms with Gasteiger partial charge in [-0.15, -0.1) is 0 Å². The van der Waals surface area contributed by atoms with Crippen LogP contribution in [0, 0.1) is 4.77 Å². The lowest BCUT2D eigenvalue weighted by Gasteiger charge is -2.25. The first-order valence-electron chi connectivity index (χ1n) is 7.50. The number of hydrogen-bond donors (Lipinski definition) is 0. The van der Waals surface area contributed by atoms with Gasteiger partial charge in [0.25, 0.3) is 0 Å². The summed E-state index contributed by atoms with van der Waals surface area (Å²) in [5.41, 5.74) is 1.20. The Morgan fingerprint density at radius 1 is 1.38 bits per heavy atom. The quantitative estimate of drug-likeness (QED) is 0.610. The largest absolute Gasteiger partial charge is 0.343 e. The summed E-state index contributed by atoms with van der Waals surface area (Å²) in [6.07, 6.45) is -0.786. The van der Waals surface area contributed by atoms with Gasteiger partial charge in [0, 0.05) is 12.0 Å². The summed E-state index contributed by atoms with van der Waals surface area (Å²) in [6, 6.07) is 6.64. The van der Waals surface area contributed by atoms with E-state index in [1.165, 1.54) is 16.3 Å². The van der Waals surface area contributed by atoms with Crippen LogP contribution in [0.1, 0.15) is 29.7 Å². The second-order valence-corrected chi connectivity index (χ2v) is 6.17. The van der Waals surface area contributed by atoms with Gasteiger partial charge >= 0.3 is 0 Å². The molecule has 4 rings (SSSR count). The van der Waals surface area contributed by atoms with Crippen LogP contribution >= 0.6 is 12.2 Å². The summed E-state index contributed by atoms with van der Waals surface area (Å²) in [6.45, 7) is 1.83. The molecule has 3 atom stereocenters. The Hall–Kier alpha value is -2.23. The monoisotopic (exact) mass is 346 g/mol. The van der Waals surface area contributed by atoms with Crippen molar-refractivity contribution in [1.82, 2.24) is 19.8 Å². The summed E-state index contributed by atoms with van der Waals surface area (Å²) in [5.74, 6) is -0.167. The molecule has 2 bridgehead atoms. The van der Waals surface area contributed by atoms with Gasteiger partial charge in [0.2, 0.25) is 11.1 Å². The molecule has 2 aliphatic heterocycles. The van der Waals surface area contributed by atoms with E-state index in [9.17, 15) is 9.59 Å². The third-order valence-electron chi connectivity index (χ3n) is 4.23. The van der Waals surface area contributed by atoms with Crippen LogP contribution in [0.4, 0.5) is 0 Å². The summed E-state index contributed by atoms with van der Waals surface area (Å²) in [7, 11) is 0. The molecule has 0 aliphatic carbocycles. The lowest BCUT2D eigenvalue weighted by atomic mass is 10.0. The fourth-order valence-corrected chi connectivity index (χ4v) is 3.27. The Bertz CT molecular complexity index is 890. The zero-order chi connectivity index (χ0) is 16.8. The Labute approximate surface area is 141 Å². The number of ketones is 2. The van der Waals surface area contributed by atoms with Crippen LogP contribution in [0.25, 0.3) is 5.69 Å². The molecule has 1 aromatic heterocycles. The van der Waals surface area contributed by atoms with E-state index >= 15 is 0 Å². The van der Waals surface area contributed by atoms with Crippen molar-refractivity contribution in [2.24, 2.45) is 0 Å². The molecule has 0 saturated carbocycles. The second-order valence-electron chi connectivity index (χ2n) is 5.80. The molecular formula is C15H14N4O4S. The highest BCUT2D eigenvalue weighted by molar-refractivity contribution is 7.71. The molecule has 0 unspecified atom stereocenters. The SMILES string of the molecule is CC(=O)c1cccc(-n2nnn([C@@H]3CC(=O)[C@H]4OC[C@@H]3O4)c2=S)c1.